The maximum absolute atomic E-state index is 4.26. The van der Waals surface area contributed by atoms with E-state index in [4.69, 9.17) is 0 Å². The molecule has 21 heavy (non-hydrogen) atoms. The highest BCUT2D eigenvalue weighted by atomic mass is 79.9. The van der Waals surface area contributed by atoms with Crippen LogP contribution >= 0.6 is 15.9 Å². The largest absolute Gasteiger partial charge is 0.314 e. The van der Waals surface area contributed by atoms with Crippen LogP contribution in [0.1, 0.15) is 29.2 Å². The highest BCUT2D eigenvalue weighted by Gasteiger charge is 2.12. The van der Waals surface area contributed by atoms with Gasteiger partial charge >= 0.3 is 0 Å². The van der Waals surface area contributed by atoms with Gasteiger partial charge in [0, 0.05) is 22.9 Å². The lowest BCUT2D eigenvalue weighted by molar-refractivity contribution is 0.520. The topological polar surface area (TPSA) is 24.9 Å². The van der Waals surface area contributed by atoms with E-state index in [2.05, 4.69) is 71.3 Å². The van der Waals surface area contributed by atoms with Gasteiger partial charge in [-0.2, -0.15) is 0 Å². The van der Waals surface area contributed by atoms with Gasteiger partial charge in [0.15, 0.2) is 0 Å². The zero-order valence-corrected chi connectivity index (χ0v) is 14.6. The molecule has 1 heterocycles. The Morgan fingerprint density at radius 2 is 1.95 bits per heavy atom. The normalized spacial score (nSPS) is 12.4. The Hall–Kier alpha value is -1.19. The van der Waals surface area contributed by atoms with Crippen molar-refractivity contribution >= 4 is 15.9 Å². The molecule has 1 aromatic carbocycles. The molecule has 1 N–H and O–H groups in total. The third-order valence-electron chi connectivity index (χ3n) is 3.71. The standard InChI is InChI=1S/C18H23BrN2/c1-4-21-18(9-15-8-17(19)12-20-11-15)10-16-7-13(2)5-6-14(16)3/h5-8,11-12,18,21H,4,9-10H2,1-3H3. The number of nitrogens with zero attached hydrogens (tertiary/aromatic N) is 1. The molecule has 0 amide bonds. The monoisotopic (exact) mass is 346 g/mol. The van der Waals surface area contributed by atoms with E-state index in [0.717, 1.165) is 23.9 Å². The third kappa shape index (κ3) is 4.94. The fraction of sp³-hybridized carbons (Fsp3) is 0.389. The zero-order chi connectivity index (χ0) is 15.2. The van der Waals surface area contributed by atoms with Crippen LogP contribution in [0.4, 0.5) is 0 Å². The summed E-state index contributed by atoms with van der Waals surface area (Å²) in [6.07, 6.45) is 5.83. The van der Waals surface area contributed by atoms with Gasteiger partial charge < -0.3 is 5.32 Å². The van der Waals surface area contributed by atoms with Gasteiger partial charge in [-0.3, -0.25) is 4.98 Å². The van der Waals surface area contributed by atoms with E-state index >= 15 is 0 Å². The molecule has 1 atom stereocenters. The first-order valence-electron chi connectivity index (χ1n) is 7.47. The van der Waals surface area contributed by atoms with Crippen molar-refractivity contribution in [2.75, 3.05) is 6.54 Å². The van der Waals surface area contributed by atoms with Crippen molar-refractivity contribution in [3.05, 3.63) is 63.4 Å². The Morgan fingerprint density at radius 3 is 2.67 bits per heavy atom. The van der Waals surface area contributed by atoms with Gasteiger partial charge in [-0.15, -0.1) is 0 Å². The summed E-state index contributed by atoms with van der Waals surface area (Å²) in [6.45, 7) is 7.49. The first-order chi connectivity index (χ1) is 10.1. The molecule has 3 heteroatoms. The first-order valence-corrected chi connectivity index (χ1v) is 8.26. The average Bonchev–Trinajstić information content (AvgIpc) is 2.43. The summed E-state index contributed by atoms with van der Waals surface area (Å²) in [4.78, 5) is 4.26. The fourth-order valence-electron chi connectivity index (χ4n) is 2.64. The fourth-order valence-corrected chi connectivity index (χ4v) is 3.06. The van der Waals surface area contributed by atoms with Crippen molar-refractivity contribution in [1.82, 2.24) is 10.3 Å². The summed E-state index contributed by atoms with van der Waals surface area (Å²) in [6, 6.07) is 9.29. The molecular weight excluding hydrogens is 324 g/mol. The van der Waals surface area contributed by atoms with Crippen LogP contribution in [0, 0.1) is 13.8 Å². The molecule has 0 aliphatic heterocycles. The van der Waals surface area contributed by atoms with E-state index in [1.807, 2.05) is 12.4 Å². The molecule has 2 aromatic rings. The molecule has 0 bridgehead atoms. The van der Waals surface area contributed by atoms with Gasteiger partial charge in [-0.1, -0.05) is 30.7 Å². The van der Waals surface area contributed by atoms with E-state index in [0.29, 0.717) is 6.04 Å². The third-order valence-corrected chi connectivity index (χ3v) is 4.14. The summed E-state index contributed by atoms with van der Waals surface area (Å²) < 4.78 is 1.04. The number of halogens is 1. The van der Waals surface area contributed by atoms with E-state index in [1.54, 1.807) is 0 Å². The molecule has 2 rings (SSSR count). The summed E-state index contributed by atoms with van der Waals surface area (Å²) >= 11 is 3.50. The molecule has 112 valence electrons. The predicted molar refractivity (Wildman–Crippen MR) is 92.7 cm³/mol. The maximum Gasteiger partial charge on any atom is 0.0410 e. The number of benzene rings is 1. The van der Waals surface area contributed by atoms with Crippen LogP contribution in [0.15, 0.2) is 41.1 Å². The number of likely N-dealkylation sites (N-methyl/N-ethyl adjacent to an activating group) is 1. The lowest BCUT2D eigenvalue weighted by atomic mass is 9.95. The summed E-state index contributed by atoms with van der Waals surface area (Å²) in [7, 11) is 0. The molecule has 0 radical (unpaired) electrons. The maximum atomic E-state index is 4.26. The van der Waals surface area contributed by atoms with Crippen LogP contribution in [-0.2, 0) is 12.8 Å². The minimum atomic E-state index is 0.437. The van der Waals surface area contributed by atoms with Gasteiger partial charge in [0.05, 0.1) is 0 Å². The van der Waals surface area contributed by atoms with E-state index in [9.17, 15) is 0 Å². The lowest BCUT2D eigenvalue weighted by Crippen LogP contribution is -2.33. The van der Waals surface area contributed by atoms with Crippen molar-refractivity contribution in [2.24, 2.45) is 0 Å². The van der Waals surface area contributed by atoms with Gasteiger partial charge in [-0.25, -0.2) is 0 Å². The number of pyridine rings is 1. The summed E-state index contributed by atoms with van der Waals surface area (Å²) in [5.74, 6) is 0. The Kier molecular flexibility index (Phi) is 5.95. The Balaban J connectivity index is 2.13. The quantitative estimate of drug-likeness (QED) is 0.846. The smallest absolute Gasteiger partial charge is 0.0410 e. The van der Waals surface area contributed by atoms with Gasteiger partial charge in [0.1, 0.15) is 0 Å². The molecule has 0 spiro atoms. The molecular formula is C18H23BrN2. The number of aromatic nitrogens is 1. The van der Waals surface area contributed by atoms with Gasteiger partial charge in [-0.05, 0) is 71.9 Å². The van der Waals surface area contributed by atoms with Gasteiger partial charge in [0.2, 0.25) is 0 Å². The predicted octanol–water partition coefficient (Wildman–Crippen LogP) is 4.22. The number of hydrogen-bond donors (Lipinski definition) is 1. The second-order valence-corrected chi connectivity index (χ2v) is 6.52. The van der Waals surface area contributed by atoms with Crippen molar-refractivity contribution in [3.8, 4) is 0 Å². The highest BCUT2D eigenvalue weighted by molar-refractivity contribution is 9.10. The second-order valence-electron chi connectivity index (χ2n) is 5.60. The first kappa shape index (κ1) is 16.2. The SMILES string of the molecule is CCNC(Cc1cncc(Br)c1)Cc1cc(C)ccc1C. The number of nitrogens with one attached hydrogen (secondary N) is 1. The van der Waals surface area contributed by atoms with E-state index in [1.165, 1.54) is 22.3 Å². The van der Waals surface area contributed by atoms with Crippen molar-refractivity contribution in [2.45, 2.75) is 39.7 Å². The van der Waals surface area contributed by atoms with Crippen molar-refractivity contribution < 1.29 is 0 Å². The van der Waals surface area contributed by atoms with E-state index in [-0.39, 0.29) is 0 Å². The van der Waals surface area contributed by atoms with Crippen LogP contribution in [0.5, 0.6) is 0 Å². The number of rotatable bonds is 6. The van der Waals surface area contributed by atoms with Crippen LogP contribution in [0.25, 0.3) is 0 Å². The molecule has 0 fully saturated rings. The number of hydrogen-bond acceptors (Lipinski definition) is 2. The Morgan fingerprint density at radius 1 is 1.14 bits per heavy atom. The Bertz CT molecular complexity index is 596. The molecule has 0 saturated carbocycles. The van der Waals surface area contributed by atoms with Crippen LogP contribution in [0.2, 0.25) is 0 Å². The van der Waals surface area contributed by atoms with E-state index < -0.39 is 0 Å². The minimum absolute atomic E-state index is 0.437. The van der Waals surface area contributed by atoms with Crippen molar-refractivity contribution in [1.29, 1.82) is 0 Å². The summed E-state index contributed by atoms with van der Waals surface area (Å²) in [5.41, 5.74) is 5.40. The zero-order valence-electron chi connectivity index (χ0n) is 13.0. The molecule has 0 aliphatic carbocycles. The second kappa shape index (κ2) is 7.71. The number of aryl methyl sites for hydroxylation is 2. The lowest BCUT2D eigenvalue weighted by Gasteiger charge is -2.19. The minimum Gasteiger partial charge on any atom is -0.314 e. The molecule has 1 unspecified atom stereocenters. The molecule has 1 aromatic heterocycles. The Labute approximate surface area is 136 Å². The summed E-state index contributed by atoms with van der Waals surface area (Å²) in [5, 5.41) is 3.60. The molecule has 0 aliphatic rings. The van der Waals surface area contributed by atoms with Crippen molar-refractivity contribution in [3.63, 3.8) is 0 Å². The highest BCUT2D eigenvalue weighted by Crippen LogP contribution is 2.16. The van der Waals surface area contributed by atoms with Crippen LogP contribution < -0.4 is 5.32 Å². The molecule has 0 saturated heterocycles. The van der Waals surface area contributed by atoms with Crippen LogP contribution in [-0.4, -0.2) is 17.6 Å². The average molecular weight is 347 g/mol. The molecule has 2 nitrogen and oxygen atoms in total. The van der Waals surface area contributed by atoms with Crippen LogP contribution in [0.3, 0.4) is 0 Å². The van der Waals surface area contributed by atoms with Gasteiger partial charge in [0.25, 0.3) is 0 Å².